The molecule has 0 amide bonds. The average Bonchev–Trinajstić information content (AvgIpc) is 3.17. The zero-order valence-electron chi connectivity index (χ0n) is 17.2. The molecule has 150 valence electrons. The van der Waals surface area contributed by atoms with Gasteiger partial charge in [0.2, 0.25) is 0 Å². The van der Waals surface area contributed by atoms with Crippen LogP contribution in [0, 0.1) is 6.92 Å². The fraction of sp³-hybridized carbons (Fsp3) is 0.667. The van der Waals surface area contributed by atoms with E-state index in [0.29, 0.717) is 6.04 Å². The normalized spacial score (nSPS) is 22.3. The molecular formula is C21H36N6. The van der Waals surface area contributed by atoms with E-state index in [2.05, 4.69) is 68.4 Å². The van der Waals surface area contributed by atoms with Crippen LogP contribution in [0.25, 0.3) is 0 Å². The Morgan fingerprint density at radius 3 is 2.44 bits per heavy atom. The molecule has 6 heteroatoms. The van der Waals surface area contributed by atoms with Crippen LogP contribution in [0.15, 0.2) is 29.3 Å². The van der Waals surface area contributed by atoms with E-state index >= 15 is 0 Å². The molecule has 0 saturated carbocycles. The Balaban J connectivity index is 1.37. The number of aliphatic imine (C=N–C) groups is 1. The van der Waals surface area contributed by atoms with E-state index < -0.39 is 0 Å². The lowest BCUT2D eigenvalue weighted by Gasteiger charge is -2.34. The summed E-state index contributed by atoms with van der Waals surface area (Å²) in [5.74, 6) is 0.929. The van der Waals surface area contributed by atoms with E-state index in [1.165, 1.54) is 44.0 Å². The van der Waals surface area contributed by atoms with Gasteiger partial charge in [-0.3, -0.25) is 9.89 Å². The maximum absolute atomic E-state index is 4.42. The van der Waals surface area contributed by atoms with Crippen molar-refractivity contribution in [3.8, 4) is 0 Å². The fourth-order valence-corrected chi connectivity index (χ4v) is 3.92. The van der Waals surface area contributed by atoms with E-state index in [1.807, 2.05) is 7.05 Å². The third kappa shape index (κ3) is 5.84. The number of piperazine rings is 1. The molecule has 0 aromatic heterocycles. The van der Waals surface area contributed by atoms with E-state index in [4.69, 9.17) is 0 Å². The number of anilines is 1. The average molecular weight is 373 g/mol. The summed E-state index contributed by atoms with van der Waals surface area (Å²) in [7, 11) is 1.86. The summed E-state index contributed by atoms with van der Waals surface area (Å²) in [6.45, 7) is 14.4. The van der Waals surface area contributed by atoms with Crippen LogP contribution in [0.5, 0.6) is 0 Å². The second kappa shape index (κ2) is 9.95. The third-order valence-electron chi connectivity index (χ3n) is 5.78. The van der Waals surface area contributed by atoms with Gasteiger partial charge in [0, 0.05) is 71.1 Å². The molecule has 2 heterocycles. The first-order valence-corrected chi connectivity index (χ1v) is 10.4. The Morgan fingerprint density at radius 2 is 1.78 bits per heavy atom. The standard InChI is InChI=1S/C21H36N6/c1-4-25-13-15-26(16-14-25)12-10-23-21(22-3)24-19-9-11-27(17-19)20-7-5-18(2)6-8-20/h5-8,19H,4,9-17H2,1-3H3,(H2,22,23,24). The quantitative estimate of drug-likeness (QED) is 0.583. The van der Waals surface area contributed by atoms with Crippen molar-refractivity contribution >= 4 is 11.6 Å². The van der Waals surface area contributed by atoms with Gasteiger partial charge in [-0.05, 0) is 32.0 Å². The first-order chi connectivity index (χ1) is 13.2. The predicted octanol–water partition coefficient (Wildman–Crippen LogP) is 1.38. The van der Waals surface area contributed by atoms with Crippen molar-refractivity contribution in [3.05, 3.63) is 29.8 Å². The first-order valence-electron chi connectivity index (χ1n) is 10.4. The maximum Gasteiger partial charge on any atom is 0.191 e. The molecule has 2 aliphatic heterocycles. The van der Waals surface area contributed by atoms with Crippen molar-refractivity contribution in [1.82, 2.24) is 20.4 Å². The molecule has 0 spiro atoms. The summed E-state index contributed by atoms with van der Waals surface area (Å²) in [5.41, 5.74) is 2.63. The molecule has 2 saturated heterocycles. The summed E-state index contributed by atoms with van der Waals surface area (Å²) in [6.07, 6.45) is 1.15. The number of likely N-dealkylation sites (N-methyl/N-ethyl adjacent to an activating group) is 1. The van der Waals surface area contributed by atoms with Crippen LogP contribution in [0.3, 0.4) is 0 Å². The Kier molecular flexibility index (Phi) is 7.35. The largest absolute Gasteiger partial charge is 0.369 e. The van der Waals surface area contributed by atoms with Gasteiger partial charge in [-0.1, -0.05) is 24.6 Å². The number of benzene rings is 1. The molecule has 6 nitrogen and oxygen atoms in total. The van der Waals surface area contributed by atoms with E-state index in [9.17, 15) is 0 Å². The van der Waals surface area contributed by atoms with Crippen LogP contribution in [0.2, 0.25) is 0 Å². The third-order valence-corrected chi connectivity index (χ3v) is 5.78. The topological polar surface area (TPSA) is 46.1 Å². The Bertz CT molecular complexity index is 591. The number of rotatable bonds is 6. The Labute approximate surface area is 164 Å². The van der Waals surface area contributed by atoms with Crippen LogP contribution < -0.4 is 15.5 Å². The second-order valence-corrected chi connectivity index (χ2v) is 7.69. The molecule has 2 N–H and O–H groups in total. The number of guanidine groups is 1. The van der Waals surface area contributed by atoms with Gasteiger partial charge in [-0.15, -0.1) is 0 Å². The maximum atomic E-state index is 4.42. The highest BCUT2D eigenvalue weighted by molar-refractivity contribution is 5.80. The lowest BCUT2D eigenvalue weighted by molar-refractivity contribution is 0.139. The van der Waals surface area contributed by atoms with Gasteiger partial charge in [0.05, 0.1) is 0 Å². The summed E-state index contributed by atoms with van der Waals surface area (Å²) >= 11 is 0. The zero-order chi connectivity index (χ0) is 19.1. The van der Waals surface area contributed by atoms with Crippen LogP contribution >= 0.6 is 0 Å². The molecule has 27 heavy (non-hydrogen) atoms. The number of nitrogens with zero attached hydrogens (tertiary/aromatic N) is 4. The fourth-order valence-electron chi connectivity index (χ4n) is 3.92. The van der Waals surface area contributed by atoms with Crippen molar-refractivity contribution < 1.29 is 0 Å². The minimum Gasteiger partial charge on any atom is -0.369 e. The molecule has 0 radical (unpaired) electrons. The molecule has 2 fully saturated rings. The molecule has 1 atom stereocenters. The van der Waals surface area contributed by atoms with E-state index in [0.717, 1.165) is 38.6 Å². The minimum atomic E-state index is 0.450. The summed E-state index contributed by atoms with van der Waals surface area (Å²) in [4.78, 5) is 11.9. The monoisotopic (exact) mass is 372 g/mol. The summed E-state index contributed by atoms with van der Waals surface area (Å²) in [5, 5.41) is 7.10. The highest BCUT2D eigenvalue weighted by atomic mass is 15.3. The van der Waals surface area contributed by atoms with Gasteiger partial charge in [-0.25, -0.2) is 0 Å². The van der Waals surface area contributed by atoms with Crippen LogP contribution in [0.4, 0.5) is 5.69 Å². The van der Waals surface area contributed by atoms with Gasteiger partial charge in [0.15, 0.2) is 5.96 Å². The van der Waals surface area contributed by atoms with Gasteiger partial charge in [0.25, 0.3) is 0 Å². The van der Waals surface area contributed by atoms with Crippen molar-refractivity contribution in [3.63, 3.8) is 0 Å². The highest BCUT2D eigenvalue weighted by Gasteiger charge is 2.23. The van der Waals surface area contributed by atoms with Gasteiger partial charge >= 0.3 is 0 Å². The number of aryl methyl sites for hydroxylation is 1. The zero-order valence-corrected chi connectivity index (χ0v) is 17.2. The van der Waals surface area contributed by atoms with Crippen molar-refractivity contribution in [1.29, 1.82) is 0 Å². The van der Waals surface area contributed by atoms with Crippen LogP contribution in [-0.2, 0) is 0 Å². The number of nitrogens with one attached hydrogen (secondary N) is 2. The Morgan fingerprint density at radius 1 is 1.07 bits per heavy atom. The lowest BCUT2D eigenvalue weighted by Crippen LogP contribution is -2.50. The van der Waals surface area contributed by atoms with Crippen LogP contribution in [-0.4, -0.2) is 87.8 Å². The van der Waals surface area contributed by atoms with Crippen molar-refractivity contribution in [2.75, 3.05) is 70.9 Å². The van der Waals surface area contributed by atoms with Gasteiger partial charge in [0.1, 0.15) is 0 Å². The predicted molar refractivity (Wildman–Crippen MR) is 115 cm³/mol. The van der Waals surface area contributed by atoms with Gasteiger partial charge in [-0.2, -0.15) is 0 Å². The first kappa shape index (κ1) is 20.0. The summed E-state index contributed by atoms with van der Waals surface area (Å²) in [6, 6.07) is 9.28. The van der Waals surface area contributed by atoms with Gasteiger partial charge < -0.3 is 20.4 Å². The van der Waals surface area contributed by atoms with E-state index in [1.54, 1.807) is 0 Å². The molecular weight excluding hydrogens is 336 g/mol. The molecule has 1 unspecified atom stereocenters. The molecule has 0 bridgehead atoms. The lowest BCUT2D eigenvalue weighted by atomic mass is 10.2. The smallest absolute Gasteiger partial charge is 0.191 e. The molecule has 0 aliphatic carbocycles. The second-order valence-electron chi connectivity index (χ2n) is 7.69. The van der Waals surface area contributed by atoms with Crippen molar-refractivity contribution in [2.24, 2.45) is 4.99 Å². The molecule has 2 aliphatic rings. The molecule has 1 aromatic carbocycles. The SMILES string of the molecule is CCN1CCN(CCNC(=NC)NC2CCN(c3ccc(C)cc3)C2)CC1. The van der Waals surface area contributed by atoms with Crippen LogP contribution in [0.1, 0.15) is 18.9 Å². The van der Waals surface area contributed by atoms with E-state index in [-0.39, 0.29) is 0 Å². The summed E-state index contributed by atoms with van der Waals surface area (Å²) < 4.78 is 0. The molecule has 1 aromatic rings. The molecule has 3 rings (SSSR count). The highest BCUT2D eigenvalue weighted by Crippen LogP contribution is 2.20. The number of hydrogen-bond donors (Lipinski definition) is 2. The van der Waals surface area contributed by atoms with Crippen molar-refractivity contribution in [2.45, 2.75) is 26.3 Å². The number of hydrogen-bond acceptors (Lipinski definition) is 4. The minimum absolute atomic E-state index is 0.450. The Hall–Kier alpha value is -1.79.